The standard InChI is InChI=1S/C20H27NO3/c1-15-14-21(5)16(2)13-20(15,23)12-11-19(3,4)24-18(22)17-9-7-6-8-10-17/h6-10,15-16,23H,13-14H2,1-5H3/t15-,16+,20+/m1/s1. The van der Waals surface area contributed by atoms with Crippen LogP contribution >= 0.6 is 0 Å². The molecule has 1 aromatic carbocycles. The van der Waals surface area contributed by atoms with E-state index in [1.165, 1.54) is 0 Å². The van der Waals surface area contributed by atoms with Gasteiger partial charge in [-0.3, -0.25) is 0 Å². The largest absolute Gasteiger partial charge is 0.443 e. The molecule has 3 atom stereocenters. The third-order valence-corrected chi connectivity index (χ3v) is 4.67. The Balaban J connectivity index is 2.11. The summed E-state index contributed by atoms with van der Waals surface area (Å²) in [5.41, 5.74) is -1.52. The van der Waals surface area contributed by atoms with E-state index in [9.17, 15) is 9.90 Å². The third kappa shape index (κ3) is 4.37. The van der Waals surface area contributed by atoms with Crippen LogP contribution in [0.5, 0.6) is 0 Å². The molecule has 0 aromatic heterocycles. The number of carbonyl (C=O) groups excluding carboxylic acids is 1. The molecule has 0 spiro atoms. The second kappa shape index (κ2) is 6.96. The van der Waals surface area contributed by atoms with Crippen molar-refractivity contribution in [3.05, 3.63) is 35.9 Å². The molecule has 0 bridgehead atoms. The smallest absolute Gasteiger partial charge is 0.339 e. The van der Waals surface area contributed by atoms with Gasteiger partial charge in [-0.2, -0.15) is 0 Å². The molecule has 0 unspecified atom stereocenters. The van der Waals surface area contributed by atoms with Crippen molar-refractivity contribution in [3.8, 4) is 11.8 Å². The minimum atomic E-state index is -1.05. The number of likely N-dealkylation sites (tertiary alicyclic amines) is 1. The molecular formula is C20H27NO3. The molecule has 0 amide bonds. The topological polar surface area (TPSA) is 49.8 Å². The molecule has 0 aliphatic carbocycles. The van der Waals surface area contributed by atoms with Crippen molar-refractivity contribution < 1.29 is 14.6 Å². The average Bonchev–Trinajstić information content (AvgIpc) is 2.52. The van der Waals surface area contributed by atoms with Gasteiger partial charge in [0.15, 0.2) is 5.60 Å². The highest BCUT2D eigenvalue weighted by Gasteiger charge is 2.40. The Kier molecular flexibility index (Phi) is 5.37. The van der Waals surface area contributed by atoms with Gasteiger partial charge in [-0.25, -0.2) is 4.79 Å². The van der Waals surface area contributed by atoms with Crippen LogP contribution in [0.2, 0.25) is 0 Å². The van der Waals surface area contributed by atoms with E-state index in [0.29, 0.717) is 12.0 Å². The highest BCUT2D eigenvalue weighted by Crippen LogP contribution is 2.30. The lowest BCUT2D eigenvalue weighted by atomic mass is 9.79. The fraction of sp³-hybridized carbons (Fsp3) is 0.550. The fourth-order valence-corrected chi connectivity index (χ4v) is 2.89. The first kappa shape index (κ1) is 18.5. The predicted octanol–water partition coefficient (Wildman–Crippen LogP) is 2.72. The summed E-state index contributed by atoms with van der Waals surface area (Å²) in [4.78, 5) is 14.4. The van der Waals surface area contributed by atoms with Crippen molar-refractivity contribution in [2.75, 3.05) is 13.6 Å². The minimum Gasteiger partial charge on any atom is -0.443 e. The van der Waals surface area contributed by atoms with Crippen LogP contribution in [0.25, 0.3) is 0 Å². The number of benzene rings is 1. The van der Waals surface area contributed by atoms with Crippen LogP contribution in [-0.4, -0.2) is 46.8 Å². The van der Waals surface area contributed by atoms with Crippen molar-refractivity contribution in [3.63, 3.8) is 0 Å². The molecule has 130 valence electrons. The van der Waals surface area contributed by atoms with Crippen molar-refractivity contribution in [1.82, 2.24) is 4.90 Å². The molecule has 1 heterocycles. The summed E-state index contributed by atoms with van der Waals surface area (Å²) in [5, 5.41) is 10.9. The van der Waals surface area contributed by atoms with Crippen LogP contribution in [0, 0.1) is 17.8 Å². The van der Waals surface area contributed by atoms with Gasteiger partial charge in [0.25, 0.3) is 0 Å². The summed E-state index contributed by atoms with van der Waals surface area (Å²) in [6, 6.07) is 9.11. The third-order valence-electron chi connectivity index (χ3n) is 4.67. The highest BCUT2D eigenvalue weighted by atomic mass is 16.6. The summed E-state index contributed by atoms with van der Waals surface area (Å²) >= 11 is 0. The number of hydrogen-bond acceptors (Lipinski definition) is 4. The number of aliphatic hydroxyl groups is 1. The SMILES string of the molecule is C[C@@H]1CN(C)[C@@H](C)C[C@@]1(O)C#CC(C)(C)OC(=O)c1ccccc1. The predicted molar refractivity (Wildman–Crippen MR) is 94.5 cm³/mol. The molecule has 24 heavy (non-hydrogen) atoms. The zero-order chi connectivity index (χ0) is 18.0. The molecule has 1 aromatic rings. The quantitative estimate of drug-likeness (QED) is 0.669. The van der Waals surface area contributed by atoms with Crippen molar-refractivity contribution in [1.29, 1.82) is 0 Å². The van der Waals surface area contributed by atoms with Gasteiger partial charge in [0.2, 0.25) is 0 Å². The lowest BCUT2D eigenvalue weighted by Gasteiger charge is -2.43. The first-order chi connectivity index (χ1) is 11.1. The lowest BCUT2D eigenvalue weighted by Crippen LogP contribution is -2.52. The van der Waals surface area contributed by atoms with E-state index in [0.717, 1.165) is 6.54 Å². The lowest BCUT2D eigenvalue weighted by molar-refractivity contribution is -0.0354. The van der Waals surface area contributed by atoms with Crippen molar-refractivity contribution in [2.45, 2.75) is 51.4 Å². The zero-order valence-corrected chi connectivity index (χ0v) is 15.2. The minimum absolute atomic E-state index is 0.0341. The molecule has 1 saturated heterocycles. The Hall–Kier alpha value is -1.83. The number of rotatable bonds is 2. The molecule has 2 rings (SSSR count). The molecule has 4 heteroatoms. The maximum atomic E-state index is 12.2. The van der Waals surface area contributed by atoms with Crippen LogP contribution in [0.3, 0.4) is 0 Å². The average molecular weight is 329 g/mol. The monoisotopic (exact) mass is 329 g/mol. The molecular weight excluding hydrogens is 302 g/mol. The molecule has 1 N–H and O–H groups in total. The van der Waals surface area contributed by atoms with E-state index < -0.39 is 17.2 Å². The second-order valence-corrected chi connectivity index (χ2v) is 7.33. The van der Waals surface area contributed by atoms with Gasteiger partial charge in [-0.05, 0) is 40.0 Å². The van der Waals surface area contributed by atoms with Crippen molar-refractivity contribution >= 4 is 5.97 Å². The number of hydrogen-bond donors (Lipinski definition) is 1. The summed E-state index contributed by atoms with van der Waals surface area (Å²) in [6.07, 6.45) is 0.584. The maximum Gasteiger partial charge on any atom is 0.339 e. The van der Waals surface area contributed by atoms with Gasteiger partial charge in [0, 0.05) is 24.9 Å². The first-order valence-corrected chi connectivity index (χ1v) is 8.38. The number of esters is 1. The highest BCUT2D eigenvalue weighted by molar-refractivity contribution is 5.89. The Bertz CT molecular complexity index is 644. The molecule has 1 fully saturated rings. The maximum absolute atomic E-state index is 12.2. The molecule has 4 nitrogen and oxygen atoms in total. The van der Waals surface area contributed by atoms with Gasteiger partial charge >= 0.3 is 5.97 Å². The zero-order valence-electron chi connectivity index (χ0n) is 15.2. The summed E-state index contributed by atoms with van der Waals surface area (Å²) < 4.78 is 5.51. The Morgan fingerprint density at radius 1 is 1.33 bits per heavy atom. The number of piperidine rings is 1. The van der Waals surface area contributed by atoms with E-state index in [1.807, 2.05) is 13.0 Å². The van der Waals surface area contributed by atoms with Crippen LogP contribution in [0.1, 0.15) is 44.5 Å². The summed E-state index contributed by atoms with van der Waals surface area (Å²) in [7, 11) is 2.06. The van der Waals surface area contributed by atoms with Gasteiger partial charge in [-0.1, -0.05) is 37.0 Å². The number of nitrogens with zero attached hydrogens (tertiary/aromatic N) is 1. The summed E-state index contributed by atoms with van der Waals surface area (Å²) in [5.74, 6) is 5.60. The van der Waals surface area contributed by atoms with E-state index >= 15 is 0 Å². The van der Waals surface area contributed by atoms with E-state index in [2.05, 4.69) is 30.7 Å². The fourth-order valence-electron chi connectivity index (χ4n) is 2.89. The Morgan fingerprint density at radius 3 is 2.58 bits per heavy atom. The van der Waals surface area contributed by atoms with E-state index in [-0.39, 0.29) is 12.0 Å². The van der Waals surface area contributed by atoms with Crippen molar-refractivity contribution in [2.24, 2.45) is 5.92 Å². The normalized spacial score (nSPS) is 27.9. The molecule has 1 aliphatic rings. The van der Waals surface area contributed by atoms with Gasteiger partial charge in [-0.15, -0.1) is 0 Å². The van der Waals surface area contributed by atoms with Crippen LogP contribution in [0.15, 0.2) is 30.3 Å². The molecule has 0 radical (unpaired) electrons. The Morgan fingerprint density at radius 2 is 1.96 bits per heavy atom. The number of carbonyl (C=O) groups is 1. The second-order valence-electron chi connectivity index (χ2n) is 7.33. The van der Waals surface area contributed by atoms with Crippen LogP contribution in [0.4, 0.5) is 0 Å². The summed E-state index contributed by atoms with van der Waals surface area (Å²) in [6.45, 7) is 8.36. The van der Waals surface area contributed by atoms with E-state index in [1.54, 1.807) is 38.1 Å². The number of ether oxygens (including phenoxy) is 1. The van der Waals surface area contributed by atoms with Gasteiger partial charge in [0.1, 0.15) is 5.60 Å². The van der Waals surface area contributed by atoms with Gasteiger partial charge in [0.05, 0.1) is 5.56 Å². The molecule has 1 aliphatic heterocycles. The van der Waals surface area contributed by atoms with Gasteiger partial charge < -0.3 is 14.7 Å². The van der Waals surface area contributed by atoms with E-state index in [4.69, 9.17) is 4.74 Å². The first-order valence-electron chi connectivity index (χ1n) is 8.38. The molecule has 0 saturated carbocycles. The van der Waals surface area contributed by atoms with Crippen LogP contribution < -0.4 is 0 Å². The Labute approximate surface area is 144 Å². The van der Waals surface area contributed by atoms with Crippen LogP contribution in [-0.2, 0) is 4.74 Å².